The average Bonchev–Trinajstić information content (AvgIpc) is 3.62. The van der Waals surface area contributed by atoms with Crippen molar-refractivity contribution in [2.24, 2.45) is 5.84 Å². The largest absolute Gasteiger partial charge is 0.494 e. The summed E-state index contributed by atoms with van der Waals surface area (Å²) in [6.07, 6.45) is 27.1. The lowest BCUT2D eigenvalue weighted by atomic mass is 9.84. The first kappa shape index (κ1) is 36.6. The minimum Gasteiger partial charge on any atom is -0.494 e. The molecule has 5 nitrogen and oxygen atoms in total. The fourth-order valence-corrected chi connectivity index (χ4v) is 6.92. The maximum absolute atomic E-state index is 6.22. The van der Waals surface area contributed by atoms with E-state index in [1.165, 1.54) is 124 Å². The fraction of sp³-hybridized carbons (Fsp3) is 0.524. The minimum absolute atomic E-state index is 0.113. The zero-order valence-corrected chi connectivity index (χ0v) is 29.5. The maximum atomic E-state index is 6.22. The molecule has 47 heavy (non-hydrogen) atoms. The monoisotopic (exact) mass is 638 g/mol. The van der Waals surface area contributed by atoms with Gasteiger partial charge in [-0.05, 0) is 47.2 Å². The van der Waals surface area contributed by atoms with Gasteiger partial charge in [-0.25, -0.2) is 11.0 Å². The molecular formula is C42H62N4O. The standard InChI is InChI=1S/C37H50O.C5H12N4/c1-2-3-4-5-6-7-8-9-10-11-12-13-14-15-16-22-30-38-34-27-23-26-33(31-34)37(32-24-18-17-19-25-32)35-28-20-21-29-36(35)37;1-2-3-8-4-5-9(6)7-8/h17-21,23-29,31H,2-16,22,30H2,1H3;4-5,7H,2-3,6H2,1H3. The number of unbranched alkanes of at least 4 members (excludes halogenated alkanes) is 15. The van der Waals surface area contributed by atoms with Crippen LogP contribution in [0, 0.1) is 0 Å². The first-order chi connectivity index (χ1) is 23.2. The lowest BCUT2D eigenvalue weighted by Gasteiger charge is -2.19. The number of rotatable bonds is 22. The summed E-state index contributed by atoms with van der Waals surface area (Å²) >= 11 is 0. The molecule has 256 valence electrons. The van der Waals surface area contributed by atoms with Crippen LogP contribution in [0.25, 0.3) is 0 Å². The van der Waals surface area contributed by atoms with Crippen molar-refractivity contribution in [1.29, 1.82) is 0 Å². The highest BCUT2D eigenvalue weighted by atomic mass is 16.5. The van der Waals surface area contributed by atoms with Crippen LogP contribution in [0.2, 0.25) is 0 Å². The molecule has 0 saturated carbocycles. The quantitative estimate of drug-likeness (QED) is 0.0663. The number of ether oxygens (including phenoxy) is 1. The second-order valence-electron chi connectivity index (χ2n) is 13.3. The van der Waals surface area contributed by atoms with Crippen LogP contribution >= 0.6 is 0 Å². The highest BCUT2D eigenvalue weighted by molar-refractivity contribution is 5.75. The third-order valence-electron chi connectivity index (χ3n) is 9.53. The Morgan fingerprint density at radius 2 is 1.11 bits per heavy atom. The number of nitrogens with zero attached hydrogens (tertiary/aromatic N) is 2. The van der Waals surface area contributed by atoms with Gasteiger partial charge in [0.1, 0.15) is 5.75 Å². The number of benzene rings is 3. The molecule has 5 heteroatoms. The van der Waals surface area contributed by atoms with E-state index in [1.807, 2.05) is 11.2 Å². The molecule has 5 rings (SSSR count). The smallest absolute Gasteiger partial charge is 0.119 e. The van der Waals surface area contributed by atoms with Crippen LogP contribution in [0.1, 0.15) is 145 Å². The summed E-state index contributed by atoms with van der Waals surface area (Å²) in [5.41, 5.74) is 8.27. The Labute approximate surface area is 286 Å². The zero-order chi connectivity index (χ0) is 33.0. The van der Waals surface area contributed by atoms with Crippen molar-refractivity contribution in [1.82, 2.24) is 15.7 Å². The van der Waals surface area contributed by atoms with E-state index in [2.05, 4.69) is 98.2 Å². The van der Waals surface area contributed by atoms with Crippen LogP contribution in [0.4, 0.5) is 0 Å². The fourth-order valence-electron chi connectivity index (χ4n) is 6.92. The first-order valence-corrected chi connectivity index (χ1v) is 18.8. The van der Waals surface area contributed by atoms with E-state index in [4.69, 9.17) is 10.6 Å². The molecule has 0 atom stereocenters. The molecule has 0 bridgehead atoms. The van der Waals surface area contributed by atoms with Gasteiger partial charge in [-0.2, -0.15) is 0 Å². The van der Waals surface area contributed by atoms with Gasteiger partial charge in [-0.3, -0.25) is 5.01 Å². The maximum Gasteiger partial charge on any atom is 0.119 e. The normalized spacial score (nSPS) is 14.1. The second kappa shape index (κ2) is 20.8. The number of hydrogen-bond acceptors (Lipinski definition) is 5. The van der Waals surface area contributed by atoms with E-state index in [9.17, 15) is 0 Å². The predicted molar refractivity (Wildman–Crippen MR) is 199 cm³/mol. The molecule has 3 N–H and O–H groups in total. The summed E-state index contributed by atoms with van der Waals surface area (Å²) in [6, 6.07) is 28.5. The summed E-state index contributed by atoms with van der Waals surface area (Å²) in [6.45, 7) is 6.22. The highest BCUT2D eigenvalue weighted by Crippen LogP contribution is 2.59. The Morgan fingerprint density at radius 3 is 1.64 bits per heavy atom. The molecule has 1 aliphatic carbocycles. The molecule has 0 spiro atoms. The SMILES string of the molecule is CCCCCCCCCCCCCCCCCCOc1cccc(C2(c3ccccc3)c3ccccc32)c1.CCCN1C=CN(N)N1. The van der Waals surface area contributed by atoms with E-state index in [0.29, 0.717) is 0 Å². The molecule has 3 aromatic carbocycles. The van der Waals surface area contributed by atoms with Crippen LogP contribution in [-0.2, 0) is 5.41 Å². The summed E-state index contributed by atoms with van der Waals surface area (Å²) in [5, 5.41) is 3.36. The number of nitrogens with two attached hydrogens (primary N) is 1. The van der Waals surface area contributed by atoms with Crippen molar-refractivity contribution in [3.63, 3.8) is 0 Å². The van der Waals surface area contributed by atoms with Crippen LogP contribution in [-0.4, -0.2) is 23.3 Å². The summed E-state index contributed by atoms with van der Waals surface area (Å²) in [7, 11) is 0. The summed E-state index contributed by atoms with van der Waals surface area (Å²) < 4.78 is 6.22. The van der Waals surface area contributed by atoms with Crippen molar-refractivity contribution >= 4 is 0 Å². The van der Waals surface area contributed by atoms with Crippen LogP contribution in [0.5, 0.6) is 5.75 Å². The zero-order valence-electron chi connectivity index (χ0n) is 29.5. The van der Waals surface area contributed by atoms with Gasteiger partial charge >= 0.3 is 0 Å². The van der Waals surface area contributed by atoms with Gasteiger partial charge < -0.3 is 4.74 Å². The van der Waals surface area contributed by atoms with Gasteiger partial charge in [0, 0.05) is 12.7 Å². The van der Waals surface area contributed by atoms with E-state index in [0.717, 1.165) is 31.7 Å². The van der Waals surface area contributed by atoms with Crippen molar-refractivity contribution in [2.75, 3.05) is 13.2 Å². The highest BCUT2D eigenvalue weighted by Gasteiger charge is 2.52. The lowest BCUT2D eigenvalue weighted by molar-refractivity contribution is 0.139. The summed E-state index contributed by atoms with van der Waals surface area (Å²) in [5.74, 6) is 6.35. The van der Waals surface area contributed by atoms with Gasteiger partial charge in [0.15, 0.2) is 0 Å². The van der Waals surface area contributed by atoms with Gasteiger partial charge in [0.05, 0.1) is 18.2 Å². The molecule has 0 unspecified atom stereocenters. The van der Waals surface area contributed by atoms with Crippen LogP contribution in [0.15, 0.2) is 91.3 Å². The molecule has 0 radical (unpaired) electrons. The third-order valence-corrected chi connectivity index (χ3v) is 9.53. The number of hydrazine groups is 3. The first-order valence-electron chi connectivity index (χ1n) is 18.8. The molecule has 2 aliphatic rings. The Balaban J connectivity index is 0.000000479. The van der Waals surface area contributed by atoms with Crippen molar-refractivity contribution < 1.29 is 4.74 Å². The van der Waals surface area contributed by atoms with E-state index >= 15 is 0 Å². The lowest BCUT2D eigenvalue weighted by Crippen LogP contribution is -2.43. The van der Waals surface area contributed by atoms with E-state index in [-0.39, 0.29) is 5.41 Å². The Bertz CT molecular complexity index is 1270. The minimum atomic E-state index is -0.113. The average molecular weight is 639 g/mol. The molecule has 0 fully saturated rings. The molecular weight excluding hydrogens is 576 g/mol. The van der Waals surface area contributed by atoms with Crippen molar-refractivity contribution in [3.05, 3.63) is 114 Å². The van der Waals surface area contributed by atoms with Crippen LogP contribution < -0.4 is 16.1 Å². The van der Waals surface area contributed by atoms with Gasteiger partial charge in [-0.1, -0.05) is 177 Å². The predicted octanol–water partition coefficient (Wildman–Crippen LogP) is 10.8. The number of hydrogen-bond donors (Lipinski definition) is 2. The third kappa shape index (κ3) is 11.4. The van der Waals surface area contributed by atoms with Gasteiger partial charge in [-0.15, -0.1) is 5.53 Å². The number of fused-ring (bicyclic) bond motifs is 1. The number of nitrogens with one attached hydrogen (secondary N) is 1. The molecule has 1 aliphatic heterocycles. The van der Waals surface area contributed by atoms with Gasteiger partial charge in [0.25, 0.3) is 0 Å². The van der Waals surface area contributed by atoms with E-state index in [1.54, 1.807) is 6.20 Å². The summed E-state index contributed by atoms with van der Waals surface area (Å²) in [4.78, 5) is 0. The second-order valence-corrected chi connectivity index (χ2v) is 13.3. The molecule has 1 heterocycles. The Morgan fingerprint density at radius 1 is 0.574 bits per heavy atom. The molecule has 0 saturated heterocycles. The van der Waals surface area contributed by atoms with E-state index < -0.39 is 0 Å². The van der Waals surface area contributed by atoms with Crippen molar-refractivity contribution in [2.45, 2.75) is 128 Å². The Kier molecular flexibility index (Phi) is 16.2. The topological polar surface area (TPSA) is 53.8 Å². The molecule has 3 aromatic rings. The molecule has 0 amide bonds. The Hall–Kier alpha value is -3.28. The van der Waals surface area contributed by atoms with Gasteiger partial charge in [0.2, 0.25) is 0 Å². The van der Waals surface area contributed by atoms with Crippen molar-refractivity contribution in [3.8, 4) is 5.75 Å². The van der Waals surface area contributed by atoms with Crippen LogP contribution in [0.3, 0.4) is 0 Å². The molecule has 0 aromatic heterocycles.